The largest absolute Gasteiger partial charge is 0.356 e. The number of pyridine rings is 1. The molecule has 1 fully saturated rings. The lowest BCUT2D eigenvalue weighted by Gasteiger charge is -2.29. The summed E-state index contributed by atoms with van der Waals surface area (Å²) in [6, 6.07) is 3.30. The summed E-state index contributed by atoms with van der Waals surface area (Å²) in [5.41, 5.74) is 0.139. The normalized spacial score (nSPS) is 18.0. The number of aromatic nitrogens is 1. The Bertz CT molecular complexity index is 593. The molecule has 1 saturated heterocycles. The molecule has 1 aliphatic heterocycles. The maximum absolute atomic E-state index is 13.9. The van der Waals surface area contributed by atoms with Crippen molar-refractivity contribution in [1.82, 2.24) is 20.5 Å². The summed E-state index contributed by atoms with van der Waals surface area (Å²) < 4.78 is 13.9. The number of nitrogens with zero attached hydrogens (tertiary/aromatic N) is 4. The minimum atomic E-state index is -0.268. The number of rotatable bonds is 6. The van der Waals surface area contributed by atoms with Gasteiger partial charge in [-0.15, -0.1) is 24.0 Å². The van der Waals surface area contributed by atoms with Crippen LogP contribution in [0.2, 0.25) is 0 Å². The van der Waals surface area contributed by atoms with Crippen LogP contribution in [0.1, 0.15) is 20.3 Å². The van der Waals surface area contributed by atoms with Gasteiger partial charge in [0.05, 0.1) is 0 Å². The number of hydrogen-bond acceptors (Lipinski definition) is 4. The molecule has 0 saturated carbocycles. The average Bonchev–Trinajstić information content (AvgIpc) is 2.99. The summed E-state index contributed by atoms with van der Waals surface area (Å²) in [5.74, 6) is 0.957. The fourth-order valence-electron chi connectivity index (χ4n) is 3.30. The summed E-state index contributed by atoms with van der Waals surface area (Å²) >= 11 is 0. The van der Waals surface area contributed by atoms with Crippen molar-refractivity contribution in [3.8, 4) is 0 Å². The number of hydrogen-bond donors (Lipinski definition) is 2. The average molecular weight is 478 g/mol. The standard InChI is InChI=1S/C18H31FN6.HI/c1-18(2,13-24(4)5)12-22-17(20-3)23-14-8-10-25(11-14)16-15(19)7-6-9-21-16;/h6-7,9,14H,8,10-13H2,1-5H3,(H2,20,22,23);1H. The molecule has 0 spiro atoms. The van der Waals surface area contributed by atoms with E-state index in [1.165, 1.54) is 6.07 Å². The molecule has 148 valence electrons. The van der Waals surface area contributed by atoms with Gasteiger partial charge in [-0.2, -0.15) is 0 Å². The van der Waals surface area contributed by atoms with Gasteiger partial charge in [0.15, 0.2) is 17.6 Å². The zero-order chi connectivity index (χ0) is 18.4. The zero-order valence-corrected chi connectivity index (χ0v) is 18.8. The molecular formula is C18H32FIN6. The first-order valence-electron chi connectivity index (χ1n) is 8.78. The molecule has 8 heteroatoms. The van der Waals surface area contributed by atoms with Crippen molar-refractivity contribution in [3.63, 3.8) is 0 Å². The van der Waals surface area contributed by atoms with Crippen LogP contribution in [0, 0.1) is 11.2 Å². The van der Waals surface area contributed by atoms with Gasteiger partial charge in [-0.3, -0.25) is 4.99 Å². The van der Waals surface area contributed by atoms with Gasteiger partial charge in [0.1, 0.15) is 0 Å². The number of anilines is 1. The fraction of sp³-hybridized carbons (Fsp3) is 0.667. The lowest BCUT2D eigenvalue weighted by atomic mass is 9.93. The predicted molar refractivity (Wildman–Crippen MR) is 117 cm³/mol. The van der Waals surface area contributed by atoms with Crippen molar-refractivity contribution >= 4 is 35.8 Å². The number of aliphatic imine (C=N–C) groups is 1. The topological polar surface area (TPSA) is 55.8 Å². The molecule has 26 heavy (non-hydrogen) atoms. The van der Waals surface area contributed by atoms with Gasteiger partial charge in [-0.25, -0.2) is 9.37 Å². The van der Waals surface area contributed by atoms with Crippen LogP contribution < -0.4 is 15.5 Å². The minimum absolute atomic E-state index is 0. The highest BCUT2D eigenvalue weighted by atomic mass is 127. The molecule has 0 radical (unpaired) electrons. The summed E-state index contributed by atoms with van der Waals surface area (Å²) in [6.07, 6.45) is 2.56. The molecule has 0 aliphatic carbocycles. The van der Waals surface area contributed by atoms with E-state index in [0.29, 0.717) is 5.82 Å². The Morgan fingerprint density at radius 3 is 2.81 bits per heavy atom. The Balaban J connectivity index is 0.00000338. The zero-order valence-electron chi connectivity index (χ0n) is 16.4. The van der Waals surface area contributed by atoms with Gasteiger partial charge in [-0.1, -0.05) is 13.8 Å². The molecule has 0 amide bonds. The van der Waals surface area contributed by atoms with Crippen molar-refractivity contribution in [2.75, 3.05) is 52.2 Å². The van der Waals surface area contributed by atoms with Crippen LogP contribution >= 0.6 is 24.0 Å². The molecule has 0 bridgehead atoms. The van der Waals surface area contributed by atoms with Crippen LogP contribution in [0.3, 0.4) is 0 Å². The first-order chi connectivity index (χ1) is 11.8. The van der Waals surface area contributed by atoms with Crippen LogP contribution in [0.25, 0.3) is 0 Å². The molecular weight excluding hydrogens is 446 g/mol. The summed E-state index contributed by atoms with van der Waals surface area (Å²) in [4.78, 5) is 12.7. The van der Waals surface area contributed by atoms with E-state index in [1.807, 2.05) is 4.90 Å². The maximum atomic E-state index is 13.9. The number of nitrogens with one attached hydrogen (secondary N) is 2. The van der Waals surface area contributed by atoms with Crippen LogP contribution in [0.4, 0.5) is 10.2 Å². The molecule has 2 N–H and O–H groups in total. The Morgan fingerprint density at radius 1 is 1.46 bits per heavy atom. The van der Waals surface area contributed by atoms with Gasteiger partial charge in [-0.05, 0) is 38.1 Å². The van der Waals surface area contributed by atoms with E-state index in [0.717, 1.165) is 38.6 Å². The van der Waals surface area contributed by atoms with Gasteiger partial charge in [0.25, 0.3) is 0 Å². The van der Waals surface area contributed by atoms with Gasteiger partial charge < -0.3 is 20.4 Å². The molecule has 1 aliphatic rings. The highest BCUT2D eigenvalue weighted by molar-refractivity contribution is 14.0. The van der Waals surface area contributed by atoms with Crippen LogP contribution in [0.15, 0.2) is 23.3 Å². The van der Waals surface area contributed by atoms with Crippen molar-refractivity contribution in [2.45, 2.75) is 26.3 Å². The molecule has 1 aromatic heterocycles. The van der Waals surface area contributed by atoms with Crippen LogP contribution in [-0.4, -0.2) is 69.2 Å². The SMILES string of the molecule is CN=C(NCC(C)(C)CN(C)C)NC1CCN(c2ncccc2F)C1.I. The quantitative estimate of drug-likeness (QED) is 0.373. The highest BCUT2D eigenvalue weighted by Crippen LogP contribution is 2.20. The lowest BCUT2D eigenvalue weighted by molar-refractivity contribution is 0.241. The second-order valence-electron chi connectivity index (χ2n) is 7.71. The van der Waals surface area contributed by atoms with Crippen molar-refractivity contribution in [3.05, 3.63) is 24.1 Å². The van der Waals surface area contributed by atoms with E-state index in [4.69, 9.17) is 0 Å². The van der Waals surface area contributed by atoms with E-state index < -0.39 is 0 Å². The van der Waals surface area contributed by atoms with E-state index in [9.17, 15) is 4.39 Å². The van der Waals surface area contributed by atoms with Gasteiger partial charge in [0.2, 0.25) is 0 Å². The molecule has 6 nitrogen and oxygen atoms in total. The highest BCUT2D eigenvalue weighted by Gasteiger charge is 2.26. The maximum Gasteiger partial charge on any atom is 0.191 e. The monoisotopic (exact) mass is 478 g/mol. The second kappa shape index (κ2) is 10.2. The van der Waals surface area contributed by atoms with E-state index in [-0.39, 0.29) is 41.3 Å². The molecule has 2 heterocycles. The van der Waals surface area contributed by atoms with Gasteiger partial charge in [0, 0.05) is 45.5 Å². The number of guanidine groups is 1. The van der Waals surface area contributed by atoms with Crippen LogP contribution in [-0.2, 0) is 0 Å². The van der Waals surface area contributed by atoms with Crippen molar-refractivity contribution < 1.29 is 4.39 Å². The number of halogens is 2. The predicted octanol–water partition coefficient (Wildman–Crippen LogP) is 2.17. The molecule has 1 unspecified atom stereocenters. The minimum Gasteiger partial charge on any atom is -0.356 e. The third-order valence-electron chi connectivity index (χ3n) is 4.27. The third-order valence-corrected chi connectivity index (χ3v) is 4.27. The molecule has 1 atom stereocenters. The summed E-state index contributed by atoms with van der Waals surface area (Å²) in [7, 11) is 5.94. The Morgan fingerprint density at radius 2 is 2.19 bits per heavy atom. The summed E-state index contributed by atoms with van der Waals surface area (Å²) in [5, 5.41) is 6.86. The van der Waals surface area contributed by atoms with Gasteiger partial charge >= 0.3 is 0 Å². The van der Waals surface area contributed by atoms with E-state index in [2.05, 4.69) is 53.5 Å². The summed E-state index contributed by atoms with van der Waals surface area (Å²) in [6.45, 7) is 7.79. The van der Waals surface area contributed by atoms with Crippen molar-refractivity contribution in [2.24, 2.45) is 10.4 Å². The van der Waals surface area contributed by atoms with Crippen molar-refractivity contribution in [1.29, 1.82) is 0 Å². The smallest absolute Gasteiger partial charge is 0.191 e. The Hall–Kier alpha value is -1.16. The first kappa shape index (κ1) is 22.9. The Labute approximate surface area is 173 Å². The lowest BCUT2D eigenvalue weighted by Crippen LogP contribution is -2.48. The van der Waals surface area contributed by atoms with E-state index in [1.54, 1.807) is 19.3 Å². The molecule has 0 aromatic carbocycles. The third kappa shape index (κ3) is 6.86. The molecule has 2 rings (SSSR count). The second-order valence-corrected chi connectivity index (χ2v) is 7.71. The fourth-order valence-corrected chi connectivity index (χ4v) is 3.30. The first-order valence-corrected chi connectivity index (χ1v) is 8.78. The van der Waals surface area contributed by atoms with Crippen LogP contribution in [0.5, 0.6) is 0 Å². The van der Waals surface area contributed by atoms with E-state index >= 15 is 0 Å². The molecule has 1 aromatic rings. The Kier molecular flexibility index (Phi) is 9.02.